The van der Waals surface area contributed by atoms with E-state index in [0.29, 0.717) is 24.9 Å². The summed E-state index contributed by atoms with van der Waals surface area (Å²) in [5.74, 6) is 0.761. The highest BCUT2D eigenvalue weighted by Gasteiger charge is 2.28. The molecule has 0 radical (unpaired) electrons. The van der Waals surface area contributed by atoms with E-state index in [1.807, 2.05) is 13.8 Å². The standard InChI is InChI=1S/C20H35NO4/c1-14(2)20(23)15-4-6-16(7-5-15)21-19(22)12-13-25-18-10-8-17(24-3)9-11-18/h14-18H,4-13H2,1-3H3,(H,21,22). The van der Waals surface area contributed by atoms with Gasteiger partial charge < -0.3 is 14.8 Å². The van der Waals surface area contributed by atoms with Crippen LogP contribution in [0.3, 0.4) is 0 Å². The number of methoxy groups -OCH3 is 1. The summed E-state index contributed by atoms with van der Waals surface area (Å²) in [5, 5.41) is 3.11. The van der Waals surface area contributed by atoms with E-state index in [2.05, 4.69) is 5.32 Å². The Morgan fingerprint density at radius 2 is 1.56 bits per heavy atom. The molecule has 0 atom stereocenters. The van der Waals surface area contributed by atoms with Crippen molar-refractivity contribution in [1.29, 1.82) is 0 Å². The van der Waals surface area contributed by atoms with E-state index in [-0.39, 0.29) is 29.9 Å². The van der Waals surface area contributed by atoms with Crippen LogP contribution in [-0.4, -0.2) is 43.7 Å². The van der Waals surface area contributed by atoms with Gasteiger partial charge >= 0.3 is 0 Å². The average molecular weight is 354 g/mol. The van der Waals surface area contributed by atoms with Gasteiger partial charge in [-0.25, -0.2) is 0 Å². The molecular formula is C20H35NO4. The molecule has 0 saturated heterocycles. The second-order valence-electron chi connectivity index (χ2n) is 7.93. The first-order chi connectivity index (χ1) is 12.0. The minimum atomic E-state index is 0.0733. The highest BCUT2D eigenvalue weighted by molar-refractivity contribution is 5.83. The quantitative estimate of drug-likeness (QED) is 0.727. The van der Waals surface area contributed by atoms with E-state index in [1.54, 1.807) is 7.11 Å². The highest BCUT2D eigenvalue weighted by atomic mass is 16.5. The third kappa shape index (κ3) is 6.70. The van der Waals surface area contributed by atoms with Gasteiger partial charge in [-0.3, -0.25) is 9.59 Å². The second-order valence-corrected chi connectivity index (χ2v) is 7.93. The summed E-state index contributed by atoms with van der Waals surface area (Å²) in [6.45, 7) is 4.44. The minimum Gasteiger partial charge on any atom is -0.381 e. The molecule has 2 saturated carbocycles. The smallest absolute Gasteiger partial charge is 0.222 e. The molecule has 0 aromatic carbocycles. The number of carbonyl (C=O) groups excluding carboxylic acids is 2. The SMILES string of the molecule is COC1CCC(OCCC(=O)NC2CCC(C(=O)C(C)C)CC2)CC1. The van der Waals surface area contributed by atoms with Crippen LogP contribution in [-0.2, 0) is 19.1 Å². The number of amides is 1. The molecule has 144 valence electrons. The van der Waals surface area contributed by atoms with E-state index in [1.165, 1.54) is 0 Å². The van der Waals surface area contributed by atoms with Crippen LogP contribution in [0.5, 0.6) is 0 Å². The first-order valence-electron chi connectivity index (χ1n) is 9.97. The monoisotopic (exact) mass is 353 g/mol. The molecule has 0 aliphatic heterocycles. The molecule has 25 heavy (non-hydrogen) atoms. The molecule has 2 rings (SSSR count). The van der Waals surface area contributed by atoms with Crippen molar-refractivity contribution >= 4 is 11.7 Å². The molecule has 2 aliphatic carbocycles. The summed E-state index contributed by atoms with van der Waals surface area (Å²) in [6.07, 6.45) is 8.85. The summed E-state index contributed by atoms with van der Waals surface area (Å²) >= 11 is 0. The first kappa shape index (κ1) is 20.4. The zero-order valence-electron chi connectivity index (χ0n) is 16.1. The zero-order valence-corrected chi connectivity index (χ0v) is 16.1. The predicted octanol–water partition coefficient (Wildman–Crippen LogP) is 3.25. The topological polar surface area (TPSA) is 64.6 Å². The highest BCUT2D eigenvalue weighted by Crippen LogP contribution is 2.27. The molecule has 5 nitrogen and oxygen atoms in total. The van der Waals surface area contributed by atoms with Crippen LogP contribution in [0.1, 0.15) is 71.6 Å². The maximum Gasteiger partial charge on any atom is 0.222 e. The fourth-order valence-corrected chi connectivity index (χ4v) is 4.05. The van der Waals surface area contributed by atoms with Gasteiger partial charge in [-0.1, -0.05) is 13.8 Å². The zero-order chi connectivity index (χ0) is 18.2. The molecule has 2 aliphatic rings. The van der Waals surface area contributed by atoms with Gasteiger partial charge in [0.1, 0.15) is 5.78 Å². The minimum absolute atomic E-state index is 0.0733. The van der Waals surface area contributed by atoms with Crippen LogP contribution in [0.25, 0.3) is 0 Å². The van der Waals surface area contributed by atoms with E-state index >= 15 is 0 Å². The lowest BCUT2D eigenvalue weighted by molar-refractivity contribution is -0.127. The van der Waals surface area contributed by atoms with E-state index in [0.717, 1.165) is 51.4 Å². The van der Waals surface area contributed by atoms with E-state index < -0.39 is 0 Å². The summed E-state index contributed by atoms with van der Waals surface area (Å²) in [5.41, 5.74) is 0. The Morgan fingerprint density at radius 3 is 2.12 bits per heavy atom. The Balaban J connectivity index is 1.56. The maximum atomic E-state index is 12.1. The van der Waals surface area contributed by atoms with Crippen molar-refractivity contribution in [3.05, 3.63) is 0 Å². The molecular weight excluding hydrogens is 318 g/mol. The van der Waals surface area contributed by atoms with Gasteiger partial charge in [-0.05, 0) is 51.4 Å². The van der Waals surface area contributed by atoms with Crippen molar-refractivity contribution in [2.45, 2.75) is 89.9 Å². The molecule has 5 heteroatoms. The molecule has 0 unspecified atom stereocenters. The summed E-state index contributed by atoms with van der Waals surface area (Å²) in [7, 11) is 1.77. The van der Waals surface area contributed by atoms with Gasteiger partial charge in [0.2, 0.25) is 5.91 Å². The number of nitrogens with one attached hydrogen (secondary N) is 1. The fraction of sp³-hybridized carbons (Fsp3) is 0.900. The number of Topliss-reactive ketones (excluding diaryl/α,β-unsaturated/α-hetero) is 1. The third-order valence-electron chi connectivity index (χ3n) is 5.70. The Morgan fingerprint density at radius 1 is 0.960 bits per heavy atom. The van der Waals surface area contributed by atoms with Crippen molar-refractivity contribution in [2.75, 3.05) is 13.7 Å². The lowest BCUT2D eigenvalue weighted by Gasteiger charge is -2.29. The Bertz CT molecular complexity index is 421. The van der Waals surface area contributed by atoms with Crippen LogP contribution < -0.4 is 5.32 Å². The Labute approximate surface area is 152 Å². The summed E-state index contributed by atoms with van der Waals surface area (Å²) in [6, 6.07) is 0.223. The lowest BCUT2D eigenvalue weighted by Crippen LogP contribution is -2.39. The normalized spacial score (nSPS) is 30.2. The molecule has 0 aromatic rings. The van der Waals surface area contributed by atoms with Gasteiger partial charge in [0.05, 0.1) is 18.8 Å². The average Bonchev–Trinajstić information content (AvgIpc) is 2.62. The van der Waals surface area contributed by atoms with Crippen molar-refractivity contribution in [3.63, 3.8) is 0 Å². The van der Waals surface area contributed by atoms with Crippen LogP contribution in [0.2, 0.25) is 0 Å². The van der Waals surface area contributed by atoms with Crippen molar-refractivity contribution < 1.29 is 19.1 Å². The molecule has 0 aromatic heterocycles. The summed E-state index contributed by atoms with van der Waals surface area (Å²) < 4.78 is 11.2. The number of rotatable bonds is 8. The molecule has 2 fully saturated rings. The fourth-order valence-electron chi connectivity index (χ4n) is 4.05. The van der Waals surface area contributed by atoms with Gasteiger partial charge in [0.25, 0.3) is 0 Å². The number of carbonyl (C=O) groups is 2. The van der Waals surface area contributed by atoms with Crippen molar-refractivity contribution in [3.8, 4) is 0 Å². The van der Waals surface area contributed by atoms with Gasteiger partial charge in [-0.2, -0.15) is 0 Å². The van der Waals surface area contributed by atoms with Crippen LogP contribution in [0, 0.1) is 11.8 Å². The van der Waals surface area contributed by atoms with Crippen molar-refractivity contribution in [2.24, 2.45) is 11.8 Å². The second kappa shape index (κ2) is 10.3. The number of ketones is 1. The van der Waals surface area contributed by atoms with E-state index in [4.69, 9.17) is 9.47 Å². The third-order valence-corrected chi connectivity index (χ3v) is 5.70. The number of hydrogen-bond donors (Lipinski definition) is 1. The summed E-state index contributed by atoms with van der Waals surface area (Å²) in [4.78, 5) is 24.1. The van der Waals surface area contributed by atoms with E-state index in [9.17, 15) is 9.59 Å². The first-order valence-corrected chi connectivity index (χ1v) is 9.97. The molecule has 0 bridgehead atoms. The Hall–Kier alpha value is -0.940. The number of ether oxygens (including phenoxy) is 2. The maximum absolute atomic E-state index is 12.1. The predicted molar refractivity (Wildman–Crippen MR) is 97.4 cm³/mol. The van der Waals surface area contributed by atoms with Crippen LogP contribution in [0.4, 0.5) is 0 Å². The molecule has 1 N–H and O–H groups in total. The Kier molecular flexibility index (Phi) is 8.37. The molecule has 0 heterocycles. The lowest BCUT2D eigenvalue weighted by atomic mass is 9.80. The van der Waals surface area contributed by atoms with Crippen LogP contribution in [0.15, 0.2) is 0 Å². The largest absolute Gasteiger partial charge is 0.381 e. The van der Waals surface area contributed by atoms with Gasteiger partial charge in [0, 0.05) is 31.4 Å². The molecule has 1 amide bonds. The number of hydrogen-bond acceptors (Lipinski definition) is 4. The van der Waals surface area contributed by atoms with Crippen molar-refractivity contribution in [1.82, 2.24) is 5.32 Å². The van der Waals surface area contributed by atoms with Gasteiger partial charge in [-0.15, -0.1) is 0 Å². The van der Waals surface area contributed by atoms with Crippen LogP contribution >= 0.6 is 0 Å². The van der Waals surface area contributed by atoms with Gasteiger partial charge in [0.15, 0.2) is 0 Å². The molecule has 0 spiro atoms.